The molecular weight excluding hydrogens is 248 g/mol. The smallest absolute Gasteiger partial charge is 0.152 e. The van der Waals surface area contributed by atoms with E-state index in [9.17, 15) is 0 Å². The predicted molar refractivity (Wildman–Crippen MR) is 81.2 cm³/mol. The van der Waals surface area contributed by atoms with Crippen LogP contribution in [0.25, 0.3) is 11.3 Å². The molecule has 0 N–H and O–H groups in total. The van der Waals surface area contributed by atoms with Crippen LogP contribution < -0.4 is 9.80 Å². The number of anilines is 2. The molecule has 102 valence electrons. The fourth-order valence-electron chi connectivity index (χ4n) is 3.26. The van der Waals surface area contributed by atoms with Gasteiger partial charge in [-0.05, 0) is 37.6 Å². The van der Waals surface area contributed by atoms with Crippen LogP contribution in [0.1, 0.15) is 12.1 Å². The fourth-order valence-corrected chi connectivity index (χ4v) is 3.26. The van der Waals surface area contributed by atoms with Crippen LogP contribution in [0, 0.1) is 6.92 Å². The number of nitrogens with zero attached hydrogens (tertiary/aromatic N) is 4. The van der Waals surface area contributed by atoms with Crippen molar-refractivity contribution in [2.24, 2.45) is 0 Å². The third-order valence-corrected chi connectivity index (χ3v) is 4.43. The number of fused-ring (bicyclic) bond motifs is 4. The first-order chi connectivity index (χ1) is 9.72. The molecule has 1 saturated heterocycles. The van der Waals surface area contributed by atoms with Crippen LogP contribution in [0.3, 0.4) is 0 Å². The normalized spacial score (nSPS) is 20.2. The summed E-state index contributed by atoms with van der Waals surface area (Å²) in [7, 11) is 2.17. The van der Waals surface area contributed by atoms with Gasteiger partial charge in [0.15, 0.2) is 5.82 Å². The molecule has 2 aromatic heterocycles. The van der Waals surface area contributed by atoms with Crippen molar-refractivity contribution >= 4 is 11.5 Å². The van der Waals surface area contributed by atoms with Crippen LogP contribution in [0.15, 0.2) is 30.5 Å². The molecule has 4 heterocycles. The Bertz CT molecular complexity index is 667. The minimum absolute atomic E-state index is 0.615. The molecule has 0 amide bonds. The van der Waals surface area contributed by atoms with Crippen molar-refractivity contribution in [2.75, 3.05) is 29.9 Å². The first-order valence-electron chi connectivity index (χ1n) is 7.14. The van der Waals surface area contributed by atoms with Gasteiger partial charge < -0.3 is 9.80 Å². The quantitative estimate of drug-likeness (QED) is 0.794. The van der Waals surface area contributed by atoms with Gasteiger partial charge in [-0.25, -0.2) is 4.98 Å². The molecule has 0 aromatic carbocycles. The van der Waals surface area contributed by atoms with Crippen LogP contribution in [0.5, 0.6) is 0 Å². The molecule has 2 aliphatic rings. The van der Waals surface area contributed by atoms with Crippen molar-refractivity contribution in [3.05, 3.63) is 36.2 Å². The van der Waals surface area contributed by atoms with Crippen LogP contribution in [-0.2, 0) is 0 Å². The van der Waals surface area contributed by atoms with E-state index < -0.39 is 0 Å². The molecule has 0 radical (unpaired) electrons. The largest absolute Gasteiger partial charge is 0.366 e. The number of hydrogen-bond acceptors (Lipinski definition) is 4. The molecule has 2 aromatic rings. The summed E-state index contributed by atoms with van der Waals surface area (Å²) in [5, 5.41) is 0. The highest BCUT2D eigenvalue weighted by atomic mass is 15.3. The van der Waals surface area contributed by atoms with Crippen molar-refractivity contribution in [2.45, 2.75) is 19.4 Å². The lowest BCUT2D eigenvalue weighted by Crippen LogP contribution is -2.40. The highest BCUT2D eigenvalue weighted by Gasteiger charge is 2.34. The monoisotopic (exact) mass is 266 g/mol. The Hall–Kier alpha value is -2.10. The Morgan fingerprint density at radius 2 is 2.15 bits per heavy atom. The number of likely N-dealkylation sites (N-methyl/N-ethyl adjacent to an activating group) is 1. The summed E-state index contributed by atoms with van der Waals surface area (Å²) in [6.07, 6.45) is 3.08. The maximum absolute atomic E-state index is 4.90. The predicted octanol–water partition coefficient (Wildman–Crippen LogP) is 2.48. The van der Waals surface area contributed by atoms with Gasteiger partial charge in [0.25, 0.3) is 0 Å². The van der Waals surface area contributed by atoms with Gasteiger partial charge in [0.05, 0.1) is 11.4 Å². The minimum Gasteiger partial charge on any atom is -0.366 e. The average molecular weight is 266 g/mol. The number of aromatic nitrogens is 2. The molecule has 0 saturated carbocycles. The van der Waals surface area contributed by atoms with Gasteiger partial charge in [0, 0.05) is 43.6 Å². The average Bonchev–Trinajstić information content (AvgIpc) is 2.91. The van der Waals surface area contributed by atoms with Crippen LogP contribution >= 0.6 is 0 Å². The van der Waals surface area contributed by atoms with E-state index in [0.717, 1.165) is 35.9 Å². The number of pyridine rings is 2. The number of rotatable bonds is 1. The minimum atomic E-state index is 0.615. The van der Waals surface area contributed by atoms with E-state index in [4.69, 9.17) is 4.98 Å². The lowest BCUT2D eigenvalue weighted by molar-refractivity contribution is 0.673. The van der Waals surface area contributed by atoms with Gasteiger partial charge in [-0.2, -0.15) is 0 Å². The van der Waals surface area contributed by atoms with Crippen LogP contribution in [0.2, 0.25) is 0 Å². The maximum Gasteiger partial charge on any atom is 0.152 e. The number of hydrogen-bond donors (Lipinski definition) is 0. The summed E-state index contributed by atoms with van der Waals surface area (Å²) in [6, 6.07) is 9.07. The molecule has 0 aliphatic carbocycles. The molecule has 0 unspecified atom stereocenters. The lowest BCUT2D eigenvalue weighted by Gasteiger charge is -2.34. The topological polar surface area (TPSA) is 32.3 Å². The van der Waals surface area contributed by atoms with E-state index >= 15 is 0 Å². The zero-order valence-electron chi connectivity index (χ0n) is 11.9. The molecule has 1 fully saturated rings. The van der Waals surface area contributed by atoms with Crippen LogP contribution in [0.4, 0.5) is 11.5 Å². The maximum atomic E-state index is 4.90. The number of aryl methyl sites for hydroxylation is 1. The standard InChI is InChI=1S/C16H18N4/c1-11-9-12(5-7-17-11)14-3-4-15-16(18-14)19(2)13-6-8-20(15)10-13/h3-5,7,9,13H,6,8,10H2,1-2H3/t13-/m0/s1. The third kappa shape index (κ3) is 1.68. The van der Waals surface area contributed by atoms with Crippen LogP contribution in [-0.4, -0.2) is 36.1 Å². The molecule has 2 bridgehead atoms. The van der Waals surface area contributed by atoms with Crippen molar-refractivity contribution in [3.63, 3.8) is 0 Å². The van der Waals surface area contributed by atoms with Gasteiger partial charge in [-0.1, -0.05) is 0 Å². The zero-order chi connectivity index (χ0) is 13.7. The highest BCUT2D eigenvalue weighted by molar-refractivity contribution is 5.75. The summed E-state index contributed by atoms with van der Waals surface area (Å²) in [5.41, 5.74) is 4.47. The van der Waals surface area contributed by atoms with E-state index in [1.807, 2.05) is 19.2 Å². The Morgan fingerprint density at radius 3 is 3.00 bits per heavy atom. The lowest BCUT2D eigenvalue weighted by atomic mass is 10.1. The summed E-state index contributed by atoms with van der Waals surface area (Å²) >= 11 is 0. The molecule has 0 spiro atoms. The Morgan fingerprint density at radius 1 is 1.25 bits per heavy atom. The van der Waals surface area contributed by atoms with Gasteiger partial charge in [-0.15, -0.1) is 0 Å². The Kier molecular flexibility index (Phi) is 2.46. The summed E-state index contributed by atoms with van der Waals surface area (Å²) in [5.74, 6) is 1.12. The van der Waals surface area contributed by atoms with Gasteiger partial charge in [0.1, 0.15) is 0 Å². The molecule has 2 aliphatic heterocycles. The molecule has 20 heavy (non-hydrogen) atoms. The van der Waals surface area contributed by atoms with E-state index in [-0.39, 0.29) is 0 Å². The fraction of sp³-hybridized carbons (Fsp3) is 0.375. The summed E-state index contributed by atoms with van der Waals surface area (Å²) in [4.78, 5) is 14.0. The van der Waals surface area contributed by atoms with E-state index in [1.54, 1.807) is 0 Å². The zero-order valence-corrected chi connectivity index (χ0v) is 11.9. The summed E-state index contributed by atoms with van der Waals surface area (Å²) in [6.45, 7) is 4.30. The highest BCUT2D eigenvalue weighted by Crippen LogP contribution is 2.38. The third-order valence-electron chi connectivity index (χ3n) is 4.43. The van der Waals surface area contributed by atoms with Crippen molar-refractivity contribution in [1.82, 2.24) is 9.97 Å². The van der Waals surface area contributed by atoms with E-state index in [2.05, 4.69) is 40.0 Å². The molecule has 4 rings (SSSR count). The molecule has 1 atom stereocenters. The van der Waals surface area contributed by atoms with Gasteiger partial charge in [0.2, 0.25) is 0 Å². The molecule has 4 heteroatoms. The SMILES string of the molecule is Cc1cc(-c2ccc3c(n2)N(C)[C@H]2CCN3C2)ccn1. The first kappa shape index (κ1) is 11.7. The van der Waals surface area contributed by atoms with Gasteiger partial charge in [-0.3, -0.25) is 4.98 Å². The van der Waals surface area contributed by atoms with Crippen molar-refractivity contribution in [1.29, 1.82) is 0 Å². The second-order valence-corrected chi connectivity index (χ2v) is 5.72. The Labute approximate surface area is 119 Å². The van der Waals surface area contributed by atoms with E-state index in [1.165, 1.54) is 12.1 Å². The van der Waals surface area contributed by atoms with E-state index in [0.29, 0.717) is 6.04 Å². The van der Waals surface area contributed by atoms with Gasteiger partial charge >= 0.3 is 0 Å². The second kappa shape index (κ2) is 4.20. The first-order valence-corrected chi connectivity index (χ1v) is 7.14. The second-order valence-electron chi connectivity index (χ2n) is 5.72. The summed E-state index contributed by atoms with van der Waals surface area (Å²) < 4.78 is 0. The Balaban J connectivity index is 1.82. The van der Waals surface area contributed by atoms with Crippen molar-refractivity contribution < 1.29 is 0 Å². The molecule has 4 nitrogen and oxygen atoms in total. The molecular formula is C16H18N4. The van der Waals surface area contributed by atoms with Crippen molar-refractivity contribution in [3.8, 4) is 11.3 Å².